The fraction of sp³-hybridized carbons (Fsp3) is 0.333. The van der Waals surface area contributed by atoms with Crippen LogP contribution in [0.3, 0.4) is 0 Å². The molecule has 2 heterocycles. The number of nitrogens with zero attached hydrogens (tertiary/aromatic N) is 3. The van der Waals surface area contributed by atoms with Gasteiger partial charge in [0.15, 0.2) is 0 Å². The summed E-state index contributed by atoms with van der Waals surface area (Å²) in [5, 5.41) is 0. The third-order valence-electron chi connectivity index (χ3n) is 3.63. The first-order valence-corrected chi connectivity index (χ1v) is 7.43. The Balaban J connectivity index is 1.77. The number of hydrogen-bond donors (Lipinski definition) is 0. The Kier molecular flexibility index (Phi) is 3.87. The Hall–Kier alpha value is -1.62. The van der Waals surface area contributed by atoms with Gasteiger partial charge in [-0.3, -0.25) is 0 Å². The van der Waals surface area contributed by atoms with E-state index in [4.69, 9.17) is 4.74 Å². The molecule has 104 valence electrons. The summed E-state index contributed by atoms with van der Waals surface area (Å²) >= 11 is 3.38. The zero-order valence-corrected chi connectivity index (χ0v) is 12.9. The molecule has 1 atom stereocenters. The number of benzene rings is 1. The van der Waals surface area contributed by atoms with E-state index in [2.05, 4.69) is 61.1 Å². The van der Waals surface area contributed by atoms with E-state index < -0.39 is 0 Å². The quantitative estimate of drug-likeness (QED) is 0.864. The molecule has 3 rings (SSSR count). The van der Waals surface area contributed by atoms with Gasteiger partial charge in [0.05, 0.1) is 17.8 Å². The Labute approximate surface area is 126 Å². The van der Waals surface area contributed by atoms with Gasteiger partial charge in [-0.15, -0.1) is 0 Å². The highest BCUT2D eigenvalue weighted by Crippen LogP contribution is 2.30. The van der Waals surface area contributed by atoms with E-state index in [0.717, 1.165) is 29.9 Å². The molecule has 0 N–H and O–H groups in total. The third kappa shape index (κ3) is 2.63. The van der Waals surface area contributed by atoms with Crippen LogP contribution >= 0.6 is 15.9 Å². The SMILES string of the molecule is COc1nc(N2CCC(c3ccccc3)C2)ncc1Br. The molecule has 1 aliphatic rings. The molecular formula is C15H16BrN3O. The van der Waals surface area contributed by atoms with Crippen molar-refractivity contribution in [3.63, 3.8) is 0 Å². The van der Waals surface area contributed by atoms with E-state index in [1.165, 1.54) is 5.56 Å². The van der Waals surface area contributed by atoms with E-state index in [1.807, 2.05) is 0 Å². The minimum absolute atomic E-state index is 0.550. The molecule has 0 amide bonds. The van der Waals surface area contributed by atoms with E-state index >= 15 is 0 Å². The molecule has 1 saturated heterocycles. The largest absolute Gasteiger partial charge is 0.480 e. The van der Waals surface area contributed by atoms with Gasteiger partial charge in [0.25, 0.3) is 0 Å². The standard InChI is InChI=1S/C15H16BrN3O/c1-20-14-13(16)9-17-15(18-14)19-8-7-12(10-19)11-5-3-2-4-6-11/h2-6,9,12H,7-8,10H2,1H3. The monoisotopic (exact) mass is 333 g/mol. The Morgan fingerprint density at radius 3 is 2.85 bits per heavy atom. The van der Waals surface area contributed by atoms with Gasteiger partial charge in [0.1, 0.15) is 0 Å². The lowest BCUT2D eigenvalue weighted by Crippen LogP contribution is -2.21. The second-order valence-electron chi connectivity index (χ2n) is 4.87. The molecular weight excluding hydrogens is 318 g/mol. The van der Waals surface area contributed by atoms with Gasteiger partial charge in [-0.25, -0.2) is 4.98 Å². The van der Waals surface area contributed by atoms with Gasteiger partial charge < -0.3 is 9.64 Å². The van der Waals surface area contributed by atoms with Crippen molar-refractivity contribution in [1.82, 2.24) is 9.97 Å². The average molecular weight is 334 g/mol. The molecule has 5 heteroatoms. The topological polar surface area (TPSA) is 38.2 Å². The highest BCUT2D eigenvalue weighted by molar-refractivity contribution is 9.10. The van der Waals surface area contributed by atoms with Crippen molar-refractivity contribution in [2.45, 2.75) is 12.3 Å². The summed E-state index contributed by atoms with van der Waals surface area (Å²) in [7, 11) is 1.62. The van der Waals surface area contributed by atoms with Crippen molar-refractivity contribution in [2.24, 2.45) is 0 Å². The van der Waals surface area contributed by atoms with Crippen LogP contribution in [0.2, 0.25) is 0 Å². The van der Waals surface area contributed by atoms with Crippen LogP contribution in [0.5, 0.6) is 5.88 Å². The molecule has 4 nitrogen and oxygen atoms in total. The van der Waals surface area contributed by atoms with Crippen LogP contribution in [-0.2, 0) is 0 Å². The molecule has 0 spiro atoms. The minimum atomic E-state index is 0.550. The number of anilines is 1. The fourth-order valence-corrected chi connectivity index (χ4v) is 2.93. The van der Waals surface area contributed by atoms with Crippen LogP contribution in [0.4, 0.5) is 5.95 Å². The summed E-state index contributed by atoms with van der Waals surface area (Å²) in [4.78, 5) is 11.0. The zero-order chi connectivity index (χ0) is 13.9. The van der Waals surface area contributed by atoms with Gasteiger partial charge in [-0.1, -0.05) is 30.3 Å². The Morgan fingerprint density at radius 2 is 2.10 bits per heavy atom. The van der Waals surface area contributed by atoms with Gasteiger partial charge >= 0.3 is 0 Å². The van der Waals surface area contributed by atoms with Crippen LogP contribution in [-0.4, -0.2) is 30.2 Å². The van der Waals surface area contributed by atoms with Crippen molar-refractivity contribution in [1.29, 1.82) is 0 Å². The number of halogens is 1. The summed E-state index contributed by atoms with van der Waals surface area (Å²) in [6.07, 6.45) is 2.88. The molecule has 0 radical (unpaired) electrons. The Morgan fingerprint density at radius 1 is 1.30 bits per heavy atom. The maximum atomic E-state index is 5.23. The first kappa shape index (κ1) is 13.4. The Bertz CT molecular complexity index is 591. The summed E-state index contributed by atoms with van der Waals surface area (Å²) < 4.78 is 6.01. The molecule has 1 aromatic heterocycles. The zero-order valence-electron chi connectivity index (χ0n) is 11.3. The number of hydrogen-bond acceptors (Lipinski definition) is 4. The number of aromatic nitrogens is 2. The first-order chi connectivity index (χ1) is 9.78. The van der Waals surface area contributed by atoms with Crippen molar-refractivity contribution in [2.75, 3.05) is 25.1 Å². The predicted octanol–water partition coefficient (Wildman–Crippen LogP) is 3.24. The first-order valence-electron chi connectivity index (χ1n) is 6.64. The predicted molar refractivity (Wildman–Crippen MR) is 82.3 cm³/mol. The maximum absolute atomic E-state index is 5.23. The number of methoxy groups -OCH3 is 1. The van der Waals surface area contributed by atoms with Crippen LogP contribution in [0.1, 0.15) is 17.9 Å². The van der Waals surface area contributed by atoms with Crippen LogP contribution < -0.4 is 9.64 Å². The third-order valence-corrected chi connectivity index (χ3v) is 4.18. The normalized spacial score (nSPS) is 18.3. The van der Waals surface area contributed by atoms with Crippen LogP contribution in [0.25, 0.3) is 0 Å². The highest BCUT2D eigenvalue weighted by atomic mass is 79.9. The lowest BCUT2D eigenvalue weighted by Gasteiger charge is -2.17. The molecule has 0 saturated carbocycles. The summed E-state index contributed by atoms with van der Waals surface area (Å²) in [5.41, 5.74) is 1.39. The van der Waals surface area contributed by atoms with E-state index in [9.17, 15) is 0 Å². The lowest BCUT2D eigenvalue weighted by atomic mass is 9.99. The minimum Gasteiger partial charge on any atom is -0.480 e. The highest BCUT2D eigenvalue weighted by Gasteiger charge is 2.26. The van der Waals surface area contributed by atoms with Crippen molar-refractivity contribution >= 4 is 21.9 Å². The number of rotatable bonds is 3. The molecule has 1 aliphatic heterocycles. The summed E-state index contributed by atoms with van der Waals surface area (Å²) in [6, 6.07) is 10.6. The molecule has 1 aromatic carbocycles. The summed E-state index contributed by atoms with van der Waals surface area (Å²) in [5.74, 6) is 1.87. The van der Waals surface area contributed by atoms with Gasteiger partial charge in [-0.05, 0) is 27.9 Å². The lowest BCUT2D eigenvalue weighted by molar-refractivity contribution is 0.394. The molecule has 1 unspecified atom stereocenters. The van der Waals surface area contributed by atoms with Gasteiger partial charge in [0.2, 0.25) is 11.8 Å². The van der Waals surface area contributed by atoms with Crippen molar-refractivity contribution in [3.8, 4) is 5.88 Å². The second-order valence-corrected chi connectivity index (χ2v) is 5.72. The van der Waals surface area contributed by atoms with E-state index in [1.54, 1.807) is 13.3 Å². The van der Waals surface area contributed by atoms with Crippen molar-refractivity contribution < 1.29 is 4.74 Å². The summed E-state index contributed by atoms with van der Waals surface area (Å²) in [6.45, 7) is 1.93. The molecule has 0 bridgehead atoms. The molecule has 0 aliphatic carbocycles. The molecule has 2 aromatic rings. The number of ether oxygens (including phenoxy) is 1. The average Bonchev–Trinajstić information content (AvgIpc) is 2.98. The molecule has 20 heavy (non-hydrogen) atoms. The van der Waals surface area contributed by atoms with E-state index in [0.29, 0.717) is 11.8 Å². The van der Waals surface area contributed by atoms with Gasteiger partial charge in [-0.2, -0.15) is 4.98 Å². The maximum Gasteiger partial charge on any atom is 0.232 e. The smallest absolute Gasteiger partial charge is 0.232 e. The van der Waals surface area contributed by atoms with Crippen molar-refractivity contribution in [3.05, 3.63) is 46.6 Å². The second kappa shape index (κ2) is 5.79. The van der Waals surface area contributed by atoms with Crippen LogP contribution in [0, 0.1) is 0 Å². The fourth-order valence-electron chi connectivity index (χ4n) is 2.58. The molecule has 1 fully saturated rings. The van der Waals surface area contributed by atoms with E-state index in [-0.39, 0.29) is 0 Å². The van der Waals surface area contributed by atoms with Crippen LogP contribution in [0.15, 0.2) is 41.0 Å². The van der Waals surface area contributed by atoms with Gasteiger partial charge in [0, 0.05) is 19.0 Å².